The molecule has 0 aromatic carbocycles. The van der Waals surface area contributed by atoms with E-state index in [1.165, 1.54) is 0 Å². The minimum atomic E-state index is -3.52. The average molecular weight is 264 g/mol. The van der Waals surface area contributed by atoms with Crippen molar-refractivity contribution in [1.29, 1.82) is 0 Å². The summed E-state index contributed by atoms with van der Waals surface area (Å²) in [5.74, 6) is 0.210. The molecule has 4 rings (SSSR count). The van der Waals surface area contributed by atoms with Crippen molar-refractivity contribution in [3.05, 3.63) is 0 Å². The van der Waals surface area contributed by atoms with Gasteiger partial charge in [0.1, 0.15) is 6.10 Å². The van der Waals surface area contributed by atoms with Gasteiger partial charge in [-0.1, -0.05) is 13.8 Å². The molecule has 4 fully saturated rings. The zero-order chi connectivity index (χ0) is 12.4. The first-order valence-corrected chi connectivity index (χ1v) is 7.53. The minimum absolute atomic E-state index is 0.0527. The monoisotopic (exact) mass is 264 g/mol. The maximum Gasteiger partial charge on any atom is 0.272 e. The van der Waals surface area contributed by atoms with E-state index in [0.29, 0.717) is 0 Å². The van der Waals surface area contributed by atoms with E-state index in [9.17, 15) is 8.42 Å². The highest BCUT2D eigenvalue weighted by atomic mass is 32.2. The molecule has 0 radical (unpaired) electrons. The number of rotatable bonds is 2. The van der Waals surface area contributed by atoms with Crippen LogP contribution in [-0.4, -0.2) is 45.6 Å². The zero-order valence-corrected chi connectivity index (χ0v) is 10.7. The molecule has 0 amide bonds. The molecule has 4 aliphatic rings. The van der Waals surface area contributed by atoms with Crippen LogP contribution in [0.4, 0.5) is 0 Å². The summed E-state index contributed by atoms with van der Waals surface area (Å²) in [6.07, 6.45) is -0.0145. The molecule has 7 heteroatoms. The summed E-state index contributed by atoms with van der Waals surface area (Å²) in [7, 11) is -3.52. The Balaban J connectivity index is 1.90. The van der Waals surface area contributed by atoms with Crippen LogP contribution in [0.2, 0.25) is 0 Å². The van der Waals surface area contributed by atoms with E-state index in [1.807, 2.05) is 13.8 Å². The van der Waals surface area contributed by atoms with Gasteiger partial charge in [-0.2, -0.15) is 8.42 Å². The number of ether oxygens (including phenoxy) is 3. The lowest BCUT2D eigenvalue weighted by Gasteiger charge is -2.58. The summed E-state index contributed by atoms with van der Waals surface area (Å²) in [6.45, 7) is 3.31. The quantitative estimate of drug-likeness (QED) is 0.658. The summed E-state index contributed by atoms with van der Waals surface area (Å²) < 4.78 is 44.3. The Kier molecular flexibility index (Phi) is 2.54. The third-order valence-corrected chi connectivity index (χ3v) is 4.38. The Labute approximate surface area is 100 Å². The lowest BCUT2D eigenvalue weighted by Crippen LogP contribution is -2.70. The van der Waals surface area contributed by atoms with Crippen molar-refractivity contribution in [1.82, 2.24) is 0 Å². The first kappa shape index (κ1) is 11.9. The highest BCUT2D eigenvalue weighted by molar-refractivity contribution is 7.86. The summed E-state index contributed by atoms with van der Waals surface area (Å²) in [5.41, 5.74) is 0. The Hall–Kier alpha value is -0.210. The van der Waals surface area contributed by atoms with Crippen LogP contribution in [0.5, 0.6) is 0 Å². The smallest absolute Gasteiger partial charge is 0.272 e. The topological polar surface area (TPSA) is 71.1 Å². The predicted octanol–water partition coefficient (Wildman–Crippen LogP) is 0.0834. The van der Waals surface area contributed by atoms with E-state index in [2.05, 4.69) is 0 Å². The van der Waals surface area contributed by atoms with Gasteiger partial charge in [0.25, 0.3) is 16.6 Å². The average Bonchev–Trinajstić information content (AvgIpc) is 2.21. The standard InChI is InChI=1S/C10H16O6S/c1-4-6-5(2)8-9(16-17(3,11)12)7(4)14-10(13-6)15-8/h4-10H,1-3H3/t4-,5?,6?,7+,8+,9?,10?/m0/s1. The molecule has 3 heterocycles. The van der Waals surface area contributed by atoms with Crippen molar-refractivity contribution in [3.8, 4) is 0 Å². The minimum Gasteiger partial charge on any atom is -0.326 e. The first-order valence-electron chi connectivity index (χ1n) is 5.71. The first-order chi connectivity index (χ1) is 7.87. The van der Waals surface area contributed by atoms with E-state index >= 15 is 0 Å². The van der Waals surface area contributed by atoms with Gasteiger partial charge in [0.2, 0.25) is 0 Å². The fraction of sp³-hybridized carbons (Fsp3) is 1.00. The molecule has 17 heavy (non-hydrogen) atoms. The normalized spacial score (nSPS) is 53.0. The molecule has 1 saturated carbocycles. The largest absolute Gasteiger partial charge is 0.326 e. The number of hydrogen-bond donors (Lipinski definition) is 0. The van der Waals surface area contributed by atoms with Gasteiger partial charge in [-0.15, -0.1) is 0 Å². The molecule has 0 N–H and O–H groups in total. The molecule has 7 atom stereocenters. The van der Waals surface area contributed by atoms with Gasteiger partial charge in [0.15, 0.2) is 0 Å². The molecule has 3 aliphatic heterocycles. The van der Waals surface area contributed by atoms with Crippen molar-refractivity contribution in [3.63, 3.8) is 0 Å². The van der Waals surface area contributed by atoms with E-state index < -0.39 is 22.7 Å². The lowest BCUT2D eigenvalue weighted by atomic mass is 9.73. The summed E-state index contributed by atoms with van der Waals surface area (Å²) >= 11 is 0. The van der Waals surface area contributed by atoms with Gasteiger partial charge in [-0.05, 0) is 0 Å². The van der Waals surface area contributed by atoms with Crippen molar-refractivity contribution in [2.75, 3.05) is 6.26 Å². The molecule has 4 unspecified atom stereocenters. The highest BCUT2D eigenvalue weighted by Crippen LogP contribution is 2.46. The van der Waals surface area contributed by atoms with Crippen LogP contribution in [0.15, 0.2) is 0 Å². The third kappa shape index (κ3) is 1.80. The van der Waals surface area contributed by atoms with Crippen LogP contribution in [-0.2, 0) is 28.5 Å². The summed E-state index contributed by atoms with van der Waals surface area (Å²) in [6, 6.07) is 0. The molecule has 98 valence electrons. The van der Waals surface area contributed by atoms with Crippen molar-refractivity contribution < 1.29 is 26.8 Å². The van der Waals surface area contributed by atoms with Gasteiger partial charge in [0.05, 0.1) is 24.6 Å². The van der Waals surface area contributed by atoms with E-state index in [-0.39, 0.29) is 30.1 Å². The molecule has 0 spiro atoms. The van der Waals surface area contributed by atoms with Crippen LogP contribution < -0.4 is 0 Å². The van der Waals surface area contributed by atoms with Gasteiger partial charge >= 0.3 is 0 Å². The van der Waals surface area contributed by atoms with E-state index in [0.717, 1.165) is 6.26 Å². The van der Waals surface area contributed by atoms with Gasteiger partial charge in [-0.25, -0.2) is 0 Å². The Bertz CT molecular complexity index is 401. The molecule has 1 aliphatic carbocycles. The van der Waals surface area contributed by atoms with E-state index in [4.69, 9.17) is 18.4 Å². The third-order valence-electron chi connectivity index (χ3n) is 3.81. The van der Waals surface area contributed by atoms with E-state index in [1.54, 1.807) is 0 Å². The fourth-order valence-electron chi connectivity index (χ4n) is 3.08. The Morgan fingerprint density at radius 1 is 0.941 bits per heavy atom. The number of hydrogen-bond acceptors (Lipinski definition) is 6. The van der Waals surface area contributed by atoms with Crippen LogP contribution >= 0.6 is 0 Å². The predicted molar refractivity (Wildman–Crippen MR) is 56.5 cm³/mol. The van der Waals surface area contributed by atoms with Crippen LogP contribution in [0, 0.1) is 11.8 Å². The van der Waals surface area contributed by atoms with Crippen LogP contribution in [0.3, 0.4) is 0 Å². The molecule has 6 nitrogen and oxygen atoms in total. The Morgan fingerprint density at radius 2 is 1.41 bits per heavy atom. The van der Waals surface area contributed by atoms with Crippen molar-refractivity contribution in [2.45, 2.75) is 44.7 Å². The van der Waals surface area contributed by atoms with Gasteiger partial charge in [0, 0.05) is 11.8 Å². The fourth-order valence-corrected chi connectivity index (χ4v) is 3.70. The molecule has 0 aromatic heterocycles. The lowest BCUT2D eigenvalue weighted by molar-refractivity contribution is -0.467. The van der Waals surface area contributed by atoms with Crippen LogP contribution in [0.25, 0.3) is 0 Å². The van der Waals surface area contributed by atoms with Crippen molar-refractivity contribution >= 4 is 10.1 Å². The maximum absolute atomic E-state index is 11.3. The second-order valence-electron chi connectivity index (χ2n) is 5.07. The Morgan fingerprint density at radius 3 is 1.88 bits per heavy atom. The SMILES string of the molecule is CC1C2OC3O[C@H]1C(OS(C)(=O)=O)[C@H](O3)[C@H]2C. The second-order valence-corrected chi connectivity index (χ2v) is 6.67. The highest BCUT2D eigenvalue weighted by Gasteiger charge is 2.60. The molecule has 4 bridgehead atoms. The molecule has 3 saturated heterocycles. The zero-order valence-electron chi connectivity index (χ0n) is 9.90. The maximum atomic E-state index is 11.3. The van der Waals surface area contributed by atoms with Crippen molar-refractivity contribution in [2.24, 2.45) is 11.8 Å². The molecular weight excluding hydrogens is 248 g/mol. The molecule has 0 aromatic rings. The van der Waals surface area contributed by atoms with Crippen LogP contribution in [0.1, 0.15) is 13.8 Å². The summed E-state index contributed by atoms with van der Waals surface area (Å²) in [5, 5.41) is 0. The molecular formula is C10H16O6S. The summed E-state index contributed by atoms with van der Waals surface area (Å²) in [4.78, 5) is 0. The van der Waals surface area contributed by atoms with Gasteiger partial charge < -0.3 is 14.2 Å². The second kappa shape index (κ2) is 3.64. The van der Waals surface area contributed by atoms with Gasteiger partial charge in [-0.3, -0.25) is 4.18 Å².